The lowest BCUT2D eigenvalue weighted by Gasteiger charge is -2.23. The first-order valence-electron chi connectivity index (χ1n) is 7.87. The van der Waals surface area contributed by atoms with Crippen molar-refractivity contribution in [3.63, 3.8) is 0 Å². The van der Waals surface area contributed by atoms with Gasteiger partial charge in [-0.25, -0.2) is 13.8 Å². The molecule has 0 saturated carbocycles. The summed E-state index contributed by atoms with van der Waals surface area (Å²) < 4.78 is 28.4. The smallest absolute Gasteiger partial charge is 0.303 e. The number of fused-ring (bicyclic) bond motifs is 1. The van der Waals surface area contributed by atoms with E-state index in [1.165, 1.54) is 11.0 Å². The zero-order valence-electron chi connectivity index (χ0n) is 13.8. The molecule has 1 heterocycles. The number of rotatable bonds is 6. The summed E-state index contributed by atoms with van der Waals surface area (Å²) in [4.78, 5) is 28.9. The maximum atomic E-state index is 13.9. The van der Waals surface area contributed by atoms with E-state index in [9.17, 15) is 18.4 Å². The minimum absolute atomic E-state index is 0.0153. The van der Waals surface area contributed by atoms with Crippen LogP contribution in [0.4, 0.5) is 14.5 Å². The van der Waals surface area contributed by atoms with Gasteiger partial charge in [-0.05, 0) is 40.2 Å². The molecule has 1 amide bonds. The summed E-state index contributed by atoms with van der Waals surface area (Å²) in [6, 6.07) is 9.44. The molecule has 3 aromatic rings. The summed E-state index contributed by atoms with van der Waals surface area (Å²) in [5.41, 5.74) is 0.457. The van der Waals surface area contributed by atoms with Gasteiger partial charge in [-0.3, -0.25) is 9.59 Å². The van der Waals surface area contributed by atoms with Crippen LogP contribution in [0.1, 0.15) is 17.8 Å². The molecule has 0 radical (unpaired) electrons. The number of aliphatic carboxylic acids is 1. The van der Waals surface area contributed by atoms with Gasteiger partial charge >= 0.3 is 5.97 Å². The summed E-state index contributed by atoms with van der Waals surface area (Å²) >= 11 is 4.53. The van der Waals surface area contributed by atoms with E-state index in [2.05, 4.69) is 20.9 Å². The molecular weight excluding hydrogens is 442 g/mol. The molecule has 2 aromatic carbocycles. The number of aromatic nitrogens is 1. The maximum absolute atomic E-state index is 13.9. The first-order valence-corrected chi connectivity index (χ1v) is 9.48. The minimum Gasteiger partial charge on any atom is -0.481 e. The molecule has 27 heavy (non-hydrogen) atoms. The fourth-order valence-corrected chi connectivity index (χ4v) is 3.96. The summed E-state index contributed by atoms with van der Waals surface area (Å²) in [5.74, 6) is -3.50. The molecule has 3 rings (SSSR count). The third kappa shape index (κ3) is 4.30. The number of anilines is 1. The maximum Gasteiger partial charge on any atom is 0.303 e. The lowest BCUT2D eigenvalue weighted by Crippen LogP contribution is -2.31. The summed E-state index contributed by atoms with van der Waals surface area (Å²) in [6.45, 7) is 0.0153. The molecule has 0 aliphatic heterocycles. The standard InChI is InChI=1S/C18H13BrF2N2O3S/c19-10-3-1-2-4-12(10)23(15(24)7-8-16(25)26)9-14-22-18-13(27-14)6-5-11(20)17(18)21/h1-6H,7-9H2,(H,25,26). The van der Waals surface area contributed by atoms with Crippen LogP contribution >= 0.6 is 27.3 Å². The molecule has 0 aliphatic rings. The average Bonchev–Trinajstić information content (AvgIpc) is 3.05. The number of carbonyl (C=O) groups is 2. The van der Waals surface area contributed by atoms with E-state index in [4.69, 9.17) is 5.11 Å². The zero-order chi connectivity index (χ0) is 19.6. The molecular formula is C18H13BrF2N2O3S. The summed E-state index contributed by atoms with van der Waals surface area (Å²) in [6.07, 6.45) is -0.496. The third-order valence-corrected chi connectivity index (χ3v) is 5.46. The van der Waals surface area contributed by atoms with Crippen LogP contribution in [0.25, 0.3) is 10.2 Å². The predicted molar refractivity (Wildman–Crippen MR) is 102 cm³/mol. The van der Waals surface area contributed by atoms with Gasteiger partial charge in [-0.15, -0.1) is 11.3 Å². The largest absolute Gasteiger partial charge is 0.481 e. The number of amides is 1. The lowest BCUT2D eigenvalue weighted by atomic mass is 10.2. The number of nitrogens with zero attached hydrogens (tertiary/aromatic N) is 2. The Hall–Kier alpha value is -2.39. The van der Waals surface area contributed by atoms with Crippen LogP contribution in [0.3, 0.4) is 0 Å². The topological polar surface area (TPSA) is 70.5 Å². The predicted octanol–water partition coefficient (Wildman–Crippen LogP) is 4.74. The van der Waals surface area contributed by atoms with Crippen LogP contribution in [0.15, 0.2) is 40.9 Å². The van der Waals surface area contributed by atoms with E-state index < -0.39 is 23.5 Å². The highest BCUT2D eigenvalue weighted by molar-refractivity contribution is 9.10. The minimum atomic E-state index is -1.08. The Balaban J connectivity index is 1.96. The van der Waals surface area contributed by atoms with Crippen molar-refractivity contribution in [3.8, 4) is 0 Å². The number of halogens is 3. The second-order valence-electron chi connectivity index (χ2n) is 5.64. The van der Waals surface area contributed by atoms with Gasteiger partial charge in [0.05, 0.1) is 23.4 Å². The fourth-order valence-electron chi connectivity index (χ4n) is 2.51. The molecule has 0 fully saturated rings. The zero-order valence-corrected chi connectivity index (χ0v) is 16.2. The second kappa shape index (κ2) is 8.10. The Kier molecular flexibility index (Phi) is 5.81. The van der Waals surface area contributed by atoms with Gasteiger partial charge in [0.1, 0.15) is 10.5 Å². The van der Waals surface area contributed by atoms with E-state index in [0.29, 0.717) is 19.9 Å². The molecule has 9 heteroatoms. The van der Waals surface area contributed by atoms with Crippen molar-refractivity contribution >= 4 is 55.0 Å². The molecule has 0 spiro atoms. The van der Waals surface area contributed by atoms with Crippen molar-refractivity contribution in [2.24, 2.45) is 0 Å². The third-order valence-electron chi connectivity index (χ3n) is 3.79. The van der Waals surface area contributed by atoms with E-state index >= 15 is 0 Å². The van der Waals surface area contributed by atoms with E-state index in [1.54, 1.807) is 24.3 Å². The Bertz CT molecular complexity index is 1030. The molecule has 0 bridgehead atoms. The molecule has 140 valence electrons. The first-order chi connectivity index (χ1) is 12.9. The highest BCUT2D eigenvalue weighted by atomic mass is 79.9. The van der Waals surface area contributed by atoms with E-state index in [1.807, 2.05) is 0 Å². The lowest BCUT2D eigenvalue weighted by molar-refractivity contribution is -0.138. The summed E-state index contributed by atoms with van der Waals surface area (Å²) in [7, 11) is 0. The Morgan fingerprint density at radius 2 is 1.89 bits per heavy atom. The summed E-state index contributed by atoms with van der Waals surface area (Å²) in [5, 5.41) is 9.25. The highest BCUT2D eigenvalue weighted by Crippen LogP contribution is 2.31. The van der Waals surface area contributed by atoms with Crippen LogP contribution in [0, 0.1) is 11.6 Å². The molecule has 5 nitrogen and oxygen atoms in total. The molecule has 1 aromatic heterocycles. The number of para-hydroxylation sites is 1. The molecule has 0 unspecified atom stereocenters. The van der Waals surface area contributed by atoms with Crippen molar-refractivity contribution < 1.29 is 23.5 Å². The van der Waals surface area contributed by atoms with Gasteiger partial charge in [-0.2, -0.15) is 0 Å². The number of carboxylic acid groups (broad SMARTS) is 1. The molecule has 0 saturated heterocycles. The SMILES string of the molecule is O=C(O)CCC(=O)N(Cc1nc2c(F)c(F)ccc2s1)c1ccccc1Br. The van der Waals surface area contributed by atoms with Gasteiger partial charge in [0.2, 0.25) is 5.91 Å². The Labute approximate surface area is 165 Å². The number of thiazole rings is 1. The molecule has 0 atom stereocenters. The number of carbonyl (C=O) groups excluding carboxylic acids is 1. The van der Waals surface area contributed by atoms with Crippen molar-refractivity contribution in [2.45, 2.75) is 19.4 Å². The van der Waals surface area contributed by atoms with E-state index in [-0.39, 0.29) is 24.9 Å². The van der Waals surface area contributed by atoms with Crippen LogP contribution in [0.5, 0.6) is 0 Å². The molecule has 1 N–H and O–H groups in total. The van der Waals surface area contributed by atoms with Gasteiger partial charge < -0.3 is 10.0 Å². The van der Waals surface area contributed by atoms with Crippen LogP contribution in [-0.4, -0.2) is 22.0 Å². The monoisotopic (exact) mass is 454 g/mol. The average molecular weight is 455 g/mol. The van der Waals surface area contributed by atoms with Gasteiger partial charge in [0.25, 0.3) is 0 Å². The van der Waals surface area contributed by atoms with Gasteiger partial charge in [-0.1, -0.05) is 12.1 Å². The second-order valence-corrected chi connectivity index (χ2v) is 7.61. The quantitative estimate of drug-likeness (QED) is 0.583. The Morgan fingerprint density at radius 3 is 2.59 bits per heavy atom. The van der Waals surface area contributed by atoms with Crippen LogP contribution in [0.2, 0.25) is 0 Å². The van der Waals surface area contributed by atoms with Gasteiger partial charge in [0.15, 0.2) is 11.6 Å². The number of carboxylic acids is 1. The van der Waals surface area contributed by atoms with Crippen LogP contribution in [-0.2, 0) is 16.1 Å². The van der Waals surface area contributed by atoms with Crippen LogP contribution < -0.4 is 4.90 Å². The van der Waals surface area contributed by atoms with Crippen molar-refractivity contribution in [1.29, 1.82) is 0 Å². The number of benzene rings is 2. The van der Waals surface area contributed by atoms with Crippen molar-refractivity contribution in [3.05, 3.63) is 57.5 Å². The number of hydrogen-bond acceptors (Lipinski definition) is 4. The highest BCUT2D eigenvalue weighted by Gasteiger charge is 2.22. The van der Waals surface area contributed by atoms with Gasteiger partial charge in [0, 0.05) is 10.9 Å². The molecule has 0 aliphatic carbocycles. The number of hydrogen-bond donors (Lipinski definition) is 1. The first kappa shape index (κ1) is 19.4. The Morgan fingerprint density at radius 1 is 1.15 bits per heavy atom. The van der Waals surface area contributed by atoms with Crippen molar-refractivity contribution in [2.75, 3.05) is 4.90 Å². The van der Waals surface area contributed by atoms with Crippen molar-refractivity contribution in [1.82, 2.24) is 4.98 Å². The van der Waals surface area contributed by atoms with E-state index in [0.717, 1.165) is 17.4 Å². The normalized spacial score (nSPS) is 10.9. The fraction of sp³-hybridized carbons (Fsp3) is 0.167.